The summed E-state index contributed by atoms with van der Waals surface area (Å²) in [5.74, 6) is -0.441. The zero-order valence-electron chi connectivity index (χ0n) is 10.7. The number of imidazole rings is 1. The summed E-state index contributed by atoms with van der Waals surface area (Å²) < 4.78 is 21.3. The van der Waals surface area contributed by atoms with Crippen molar-refractivity contribution in [2.24, 2.45) is 0 Å². The molecule has 6 heteroatoms. The van der Waals surface area contributed by atoms with Crippen molar-refractivity contribution in [1.29, 1.82) is 0 Å². The van der Waals surface area contributed by atoms with E-state index in [1.807, 2.05) is 4.57 Å². The summed E-state index contributed by atoms with van der Waals surface area (Å²) in [7, 11) is 0. The highest BCUT2D eigenvalue weighted by atomic mass is 35.5. The number of nitrogens with zero attached hydrogens (tertiary/aromatic N) is 1. The number of ether oxygens (including phenoxy) is 1. The summed E-state index contributed by atoms with van der Waals surface area (Å²) in [6, 6.07) is 2.98. The van der Waals surface area contributed by atoms with Gasteiger partial charge in [-0.1, -0.05) is 18.5 Å². The topological polar surface area (TPSA) is 29.9 Å². The van der Waals surface area contributed by atoms with E-state index in [0.29, 0.717) is 16.9 Å². The maximum Gasteiger partial charge on any atom is 0.178 e. The minimum atomic E-state index is -0.441. The molecular formula is C13H16ClFN2OS. The van der Waals surface area contributed by atoms with Crippen LogP contribution in [0.1, 0.15) is 19.8 Å². The van der Waals surface area contributed by atoms with Crippen molar-refractivity contribution in [1.82, 2.24) is 9.55 Å². The minimum Gasteiger partial charge on any atom is -0.381 e. The first-order valence-electron chi connectivity index (χ1n) is 6.28. The molecule has 0 aliphatic carbocycles. The summed E-state index contributed by atoms with van der Waals surface area (Å²) in [5, 5.41) is 0.109. The van der Waals surface area contributed by atoms with Crippen molar-refractivity contribution in [2.75, 3.05) is 13.2 Å². The molecule has 1 N–H and O–H groups in total. The van der Waals surface area contributed by atoms with Gasteiger partial charge in [0.1, 0.15) is 5.82 Å². The van der Waals surface area contributed by atoms with Crippen LogP contribution in [0.4, 0.5) is 4.39 Å². The zero-order chi connectivity index (χ0) is 13.8. The zero-order valence-corrected chi connectivity index (χ0v) is 12.3. The van der Waals surface area contributed by atoms with Gasteiger partial charge in [0.15, 0.2) is 4.77 Å². The molecule has 0 saturated heterocycles. The molecule has 0 saturated carbocycles. The monoisotopic (exact) mass is 302 g/mol. The van der Waals surface area contributed by atoms with E-state index in [4.69, 9.17) is 28.6 Å². The summed E-state index contributed by atoms with van der Waals surface area (Å²) in [6.07, 6.45) is 1.87. The number of H-pyrrole nitrogens is 1. The Labute approximate surface area is 121 Å². The molecule has 0 bridgehead atoms. The SMILES string of the molecule is CCCOCCCn1c(=S)[nH]c2cc(F)c(Cl)cc21. The van der Waals surface area contributed by atoms with Gasteiger partial charge < -0.3 is 14.3 Å². The molecule has 2 aromatic rings. The normalized spacial score (nSPS) is 11.3. The van der Waals surface area contributed by atoms with Gasteiger partial charge >= 0.3 is 0 Å². The van der Waals surface area contributed by atoms with Crippen molar-refractivity contribution >= 4 is 34.9 Å². The van der Waals surface area contributed by atoms with E-state index in [1.165, 1.54) is 6.07 Å². The second-order valence-corrected chi connectivity index (χ2v) is 5.13. The average Bonchev–Trinajstić information content (AvgIpc) is 2.66. The number of aromatic nitrogens is 2. The van der Waals surface area contributed by atoms with Crippen molar-refractivity contribution in [3.8, 4) is 0 Å². The van der Waals surface area contributed by atoms with Crippen LogP contribution in [0.25, 0.3) is 11.0 Å². The van der Waals surface area contributed by atoms with E-state index < -0.39 is 5.82 Å². The van der Waals surface area contributed by atoms with Crippen LogP contribution < -0.4 is 0 Å². The molecule has 0 spiro atoms. The third kappa shape index (κ3) is 3.35. The van der Waals surface area contributed by atoms with Crippen molar-refractivity contribution in [2.45, 2.75) is 26.3 Å². The fourth-order valence-corrected chi connectivity index (χ4v) is 2.40. The van der Waals surface area contributed by atoms with Gasteiger partial charge in [-0.25, -0.2) is 4.39 Å². The molecule has 0 fully saturated rings. The van der Waals surface area contributed by atoms with Crippen LogP contribution in [-0.2, 0) is 11.3 Å². The Morgan fingerprint density at radius 2 is 2.21 bits per heavy atom. The molecule has 0 amide bonds. The van der Waals surface area contributed by atoms with Gasteiger partial charge in [0.05, 0.1) is 16.1 Å². The fourth-order valence-electron chi connectivity index (χ4n) is 1.94. The van der Waals surface area contributed by atoms with Gasteiger partial charge in [-0.05, 0) is 31.1 Å². The van der Waals surface area contributed by atoms with Crippen LogP contribution in [0.15, 0.2) is 12.1 Å². The number of aromatic amines is 1. The molecule has 1 heterocycles. The van der Waals surface area contributed by atoms with Crippen LogP contribution in [0, 0.1) is 10.6 Å². The second kappa shape index (κ2) is 6.50. The fraction of sp³-hybridized carbons (Fsp3) is 0.462. The number of fused-ring (bicyclic) bond motifs is 1. The molecule has 1 aromatic carbocycles. The third-order valence-electron chi connectivity index (χ3n) is 2.84. The molecule has 0 aliphatic heterocycles. The molecule has 19 heavy (non-hydrogen) atoms. The molecule has 0 radical (unpaired) electrons. The predicted octanol–water partition coefficient (Wildman–Crippen LogP) is 4.31. The highest BCUT2D eigenvalue weighted by Gasteiger charge is 2.08. The van der Waals surface area contributed by atoms with E-state index in [-0.39, 0.29) is 5.02 Å². The predicted molar refractivity (Wildman–Crippen MR) is 77.8 cm³/mol. The summed E-state index contributed by atoms with van der Waals surface area (Å²) in [4.78, 5) is 2.99. The third-order valence-corrected chi connectivity index (χ3v) is 3.45. The smallest absolute Gasteiger partial charge is 0.178 e. The first kappa shape index (κ1) is 14.5. The number of hydrogen-bond acceptors (Lipinski definition) is 2. The molecule has 0 atom stereocenters. The Bertz CT molecular complexity index is 623. The van der Waals surface area contributed by atoms with E-state index >= 15 is 0 Å². The Balaban J connectivity index is 2.16. The number of halogens is 2. The van der Waals surface area contributed by atoms with Crippen LogP contribution in [0.5, 0.6) is 0 Å². The second-order valence-electron chi connectivity index (χ2n) is 4.33. The van der Waals surface area contributed by atoms with E-state index in [1.54, 1.807) is 6.07 Å². The lowest BCUT2D eigenvalue weighted by Gasteiger charge is -2.05. The molecule has 104 valence electrons. The van der Waals surface area contributed by atoms with E-state index in [0.717, 1.165) is 31.5 Å². The van der Waals surface area contributed by atoms with Crippen molar-refractivity contribution < 1.29 is 9.13 Å². The first-order valence-corrected chi connectivity index (χ1v) is 7.07. The first-order chi connectivity index (χ1) is 9.13. The minimum absolute atomic E-state index is 0.109. The highest BCUT2D eigenvalue weighted by Crippen LogP contribution is 2.23. The van der Waals surface area contributed by atoms with Crippen molar-refractivity contribution in [3.63, 3.8) is 0 Å². The van der Waals surface area contributed by atoms with Gasteiger partial charge in [0.2, 0.25) is 0 Å². The van der Waals surface area contributed by atoms with Crippen LogP contribution in [0.2, 0.25) is 5.02 Å². The van der Waals surface area contributed by atoms with Gasteiger partial charge in [-0.15, -0.1) is 0 Å². The number of rotatable bonds is 6. The molecule has 0 aliphatic rings. The van der Waals surface area contributed by atoms with Gasteiger partial charge in [-0.2, -0.15) is 0 Å². The van der Waals surface area contributed by atoms with Crippen LogP contribution in [-0.4, -0.2) is 22.8 Å². The lowest BCUT2D eigenvalue weighted by atomic mass is 10.3. The maximum atomic E-state index is 13.4. The van der Waals surface area contributed by atoms with E-state index in [2.05, 4.69) is 11.9 Å². The highest BCUT2D eigenvalue weighted by molar-refractivity contribution is 7.71. The lowest BCUT2D eigenvalue weighted by molar-refractivity contribution is 0.129. The molecule has 1 aromatic heterocycles. The Hall–Kier alpha value is -0.910. The quantitative estimate of drug-likeness (QED) is 0.636. The Morgan fingerprint density at radius 3 is 2.95 bits per heavy atom. The van der Waals surface area contributed by atoms with Gasteiger partial charge in [0, 0.05) is 25.8 Å². The average molecular weight is 303 g/mol. The number of hydrogen-bond donors (Lipinski definition) is 1. The van der Waals surface area contributed by atoms with Crippen molar-refractivity contribution in [3.05, 3.63) is 27.7 Å². The largest absolute Gasteiger partial charge is 0.381 e. The van der Waals surface area contributed by atoms with E-state index in [9.17, 15) is 4.39 Å². The Kier molecular flexibility index (Phi) is 4.96. The van der Waals surface area contributed by atoms with Gasteiger partial charge in [-0.3, -0.25) is 0 Å². The molecule has 0 unspecified atom stereocenters. The van der Waals surface area contributed by atoms with Crippen LogP contribution in [0.3, 0.4) is 0 Å². The standard InChI is InChI=1S/C13H16ClFN2OS/c1-2-5-18-6-3-4-17-12-7-9(14)10(15)8-11(12)16-13(17)19/h7-8H,2-6H2,1H3,(H,16,19). The molecule has 3 nitrogen and oxygen atoms in total. The maximum absolute atomic E-state index is 13.4. The van der Waals surface area contributed by atoms with Gasteiger partial charge in [0.25, 0.3) is 0 Å². The summed E-state index contributed by atoms with van der Waals surface area (Å²) in [5.41, 5.74) is 1.49. The number of nitrogens with one attached hydrogen (secondary N) is 1. The number of benzene rings is 1. The molecular weight excluding hydrogens is 287 g/mol. The summed E-state index contributed by atoms with van der Waals surface area (Å²) >= 11 is 11.1. The molecule has 2 rings (SSSR count). The Morgan fingerprint density at radius 1 is 1.42 bits per heavy atom. The van der Waals surface area contributed by atoms with Crippen LogP contribution >= 0.6 is 23.8 Å². The number of aryl methyl sites for hydroxylation is 1. The lowest BCUT2D eigenvalue weighted by Crippen LogP contribution is -2.03. The summed E-state index contributed by atoms with van der Waals surface area (Å²) in [6.45, 7) is 4.27.